The first-order valence-electron chi connectivity index (χ1n) is 14.1. The van der Waals surface area contributed by atoms with E-state index in [1.165, 1.54) is 51.9 Å². The Kier molecular flexibility index (Phi) is 23.9. The number of phosphoric acid groups is 1. The lowest BCUT2D eigenvalue weighted by Gasteiger charge is -2.20. The van der Waals surface area contributed by atoms with E-state index in [0.29, 0.717) is 6.42 Å². The van der Waals surface area contributed by atoms with Crippen molar-refractivity contribution >= 4 is 19.8 Å². The summed E-state index contributed by atoms with van der Waals surface area (Å²) in [4.78, 5) is 32.9. The van der Waals surface area contributed by atoms with Gasteiger partial charge >= 0.3 is 19.8 Å². The maximum Gasteiger partial charge on any atom is 0.472 e. The molecule has 0 saturated heterocycles. The maximum atomic E-state index is 12.2. The van der Waals surface area contributed by atoms with Gasteiger partial charge in [0.15, 0.2) is 6.10 Å². The molecule has 224 valence electrons. The van der Waals surface area contributed by atoms with E-state index in [1.54, 1.807) is 0 Å². The highest BCUT2D eigenvalue weighted by Crippen LogP contribution is 2.43. The number of phosphoric ester groups is 1. The molecule has 11 heteroatoms. The van der Waals surface area contributed by atoms with Crippen LogP contribution in [0.3, 0.4) is 0 Å². The standard InChI is InChI=1S/C27H51O10P/c1-3-4-5-6-7-8-9-10-11-12-13-14-15-16-17-18-19-27(31)37-26(22-34-24(2)29)23-36-38(32,33)35-21-25(30)20-28/h11-12,25-26,28,30H,3-10,13-23H2,1-2H3,(H,32,33)/b12-11-. The fraction of sp³-hybridized carbons (Fsp3) is 0.852. The second kappa shape index (κ2) is 24.7. The number of rotatable bonds is 26. The van der Waals surface area contributed by atoms with Crippen molar-refractivity contribution in [3.8, 4) is 0 Å². The molecule has 3 N–H and O–H groups in total. The zero-order valence-electron chi connectivity index (χ0n) is 23.4. The van der Waals surface area contributed by atoms with Gasteiger partial charge in [-0.1, -0.05) is 76.9 Å². The Morgan fingerprint density at radius 3 is 1.89 bits per heavy atom. The molecule has 38 heavy (non-hydrogen) atoms. The van der Waals surface area contributed by atoms with E-state index in [2.05, 4.69) is 23.6 Å². The monoisotopic (exact) mass is 566 g/mol. The number of ether oxygens (including phenoxy) is 2. The molecule has 0 saturated carbocycles. The van der Waals surface area contributed by atoms with Crippen LogP contribution < -0.4 is 0 Å². The first-order valence-corrected chi connectivity index (χ1v) is 15.6. The first-order chi connectivity index (χ1) is 18.2. The Hall–Kier alpha value is -1.29. The number of carbonyl (C=O) groups excluding carboxylic acids is 2. The van der Waals surface area contributed by atoms with Gasteiger partial charge in [-0.05, 0) is 32.1 Å². The van der Waals surface area contributed by atoms with Gasteiger partial charge in [0.05, 0.1) is 19.8 Å². The summed E-state index contributed by atoms with van der Waals surface area (Å²) in [6.45, 7) is 1.27. The van der Waals surface area contributed by atoms with Crippen molar-refractivity contribution in [1.29, 1.82) is 0 Å². The molecule has 0 aromatic heterocycles. The molecule has 0 aliphatic carbocycles. The van der Waals surface area contributed by atoms with Gasteiger partial charge in [0.1, 0.15) is 12.7 Å². The smallest absolute Gasteiger partial charge is 0.462 e. The van der Waals surface area contributed by atoms with Gasteiger partial charge < -0.3 is 24.6 Å². The number of hydrogen-bond acceptors (Lipinski definition) is 9. The molecule has 0 bridgehead atoms. The van der Waals surface area contributed by atoms with Crippen molar-refractivity contribution in [3.63, 3.8) is 0 Å². The molecular weight excluding hydrogens is 515 g/mol. The van der Waals surface area contributed by atoms with Crippen molar-refractivity contribution in [3.05, 3.63) is 12.2 Å². The minimum Gasteiger partial charge on any atom is -0.462 e. The average molecular weight is 567 g/mol. The summed E-state index contributed by atoms with van der Waals surface area (Å²) >= 11 is 0. The maximum absolute atomic E-state index is 12.2. The van der Waals surface area contributed by atoms with Crippen LogP contribution in [0.25, 0.3) is 0 Å². The predicted octanol–water partition coefficient (Wildman–Crippen LogP) is 5.38. The molecule has 10 nitrogen and oxygen atoms in total. The van der Waals surface area contributed by atoms with Gasteiger partial charge in [0.2, 0.25) is 0 Å². The molecule has 0 fully saturated rings. The number of aliphatic hydroxyl groups is 2. The van der Waals surface area contributed by atoms with Gasteiger partial charge in [0, 0.05) is 13.3 Å². The van der Waals surface area contributed by atoms with Crippen LogP contribution in [-0.4, -0.2) is 65.7 Å². The Morgan fingerprint density at radius 2 is 1.34 bits per heavy atom. The molecule has 0 aromatic carbocycles. The number of allylic oxidation sites excluding steroid dienone is 2. The van der Waals surface area contributed by atoms with Gasteiger partial charge in [-0.15, -0.1) is 0 Å². The van der Waals surface area contributed by atoms with Gasteiger partial charge in [-0.2, -0.15) is 0 Å². The normalized spacial score (nSPS) is 14.8. The van der Waals surface area contributed by atoms with E-state index in [0.717, 1.165) is 38.5 Å². The van der Waals surface area contributed by atoms with Crippen molar-refractivity contribution in [2.75, 3.05) is 26.4 Å². The van der Waals surface area contributed by atoms with E-state index in [4.69, 9.17) is 19.1 Å². The van der Waals surface area contributed by atoms with Crippen LogP contribution in [0.2, 0.25) is 0 Å². The van der Waals surface area contributed by atoms with Crippen LogP contribution in [0.15, 0.2) is 12.2 Å². The van der Waals surface area contributed by atoms with E-state index >= 15 is 0 Å². The molecule has 3 atom stereocenters. The van der Waals surface area contributed by atoms with Gasteiger partial charge in [0.25, 0.3) is 0 Å². The van der Waals surface area contributed by atoms with Crippen molar-refractivity contribution in [2.45, 2.75) is 122 Å². The lowest BCUT2D eigenvalue weighted by atomic mass is 10.1. The third-order valence-electron chi connectivity index (χ3n) is 5.73. The highest BCUT2D eigenvalue weighted by atomic mass is 31.2. The van der Waals surface area contributed by atoms with Crippen LogP contribution >= 0.6 is 7.82 Å². The van der Waals surface area contributed by atoms with Crippen LogP contribution in [-0.2, 0) is 32.7 Å². The summed E-state index contributed by atoms with van der Waals surface area (Å²) in [7, 11) is -4.57. The molecule has 0 aliphatic heterocycles. The molecule has 0 radical (unpaired) electrons. The summed E-state index contributed by atoms with van der Waals surface area (Å²) in [5.41, 5.74) is 0. The number of esters is 2. The third-order valence-corrected chi connectivity index (χ3v) is 6.68. The number of carbonyl (C=O) groups is 2. The average Bonchev–Trinajstić information content (AvgIpc) is 2.88. The Morgan fingerprint density at radius 1 is 0.816 bits per heavy atom. The molecule has 0 heterocycles. The zero-order chi connectivity index (χ0) is 28.5. The van der Waals surface area contributed by atoms with Crippen LogP contribution in [0.5, 0.6) is 0 Å². The molecule has 0 amide bonds. The van der Waals surface area contributed by atoms with E-state index in [-0.39, 0.29) is 13.0 Å². The number of aliphatic hydroxyl groups excluding tert-OH is 2. The predicted molar refractivity (Wildman–Crippen MR) is 145 cm³/mol. The minimum absolute atomic E-state index is 0.172. The Balaban J connectivity index is 3.99. The summed E-state index contributed by atoms with van der Waals surface area (Å²) in [6, 6.07) is 0. The zero-order valence-corrected chi connectivity index (χ0v) is 24.3. The second-order valence-corrected chi connectivity index (χ2v) is 11.0. The molecular formula is C27H51O10P. The highest BCUT2D eigenvalue weighted by molar-refractivity contribution is 7.47. The third kappa shape index (κ3) is 25.0. The van der Waals surface area contributed by atoms with Crippen molar-refractivity contribution in [1.82, 2.24) is 0 Å². The van der Waals surface area contributed by atoms with Crippen LogP contribution in [0.1, 0.15) is 110 Å². The summed E-state index contributed by atoms with van der Waals surface area (Å²) < 4.78 is 31.3. The molecule has 0 aliphatic rings. The van der Waals surface area contributed by atoms with E-state index in [1.807, 2.05) is 0 Å². The largest absolute Gasteiger partial charge is 0.472 e. The second-order valence-electron chi connectivity index (χ2n) is 9.50. The van der Waals surface area contributed by atoms with Crippen LogP contribution in [0.4, 0.5) is 0 Å². The summed E-state index contributed by atoms with van der Waals surface area (Å²) in [6.07, 6.45) is 18.6. The SMILES string of the molecule is CCCCCCCCC/C=C\CCCCCCCC(=O)OC(COC(C)=O)COP(=O)(O)OCC(O)CO. The van der Waals surface area contributed by atoms with E-state index in [9.17, 15) is 24.2 Å². The summed E-state index contributed by atoms with van der Waals surface area (Å²) in [5.74, 6) is -1.13. The summed E-state index contributed by atoms with van der Waals surface area (Å²) in [5, 5.41) is 17.9. The van der Waals surface area contributed by atoms with Crippen LogP contribution in [0, 0.1) is 0 Å². The fourth-order valence-corrected chi connectivity index (χ4v) is 4.33. The lowest BCUT2D eigenvalue weighted by Crippen LogP contribution is -2.29. The highest BCUT2D eigenvalue weighted by Gasteiger charge is 2.26. The van der Waals surface area contributed by atoms with Gasteiger partial charge in [-0.25, -0.2) is 4.57 Å². The number of unbranched alkanes of at least 4 members (excludes halogenated alkanes) is 12. The molecule has 3 unspecified atom stereocenters. The van der Waals surface area contributed by atoms with E-state index < -0.39 is 51.8 Å². The molecule has 0 rings (SSSR count). The Bertz CT molecular complexity index is 670. The quantitative estimate of drug-likeness (QED) is 0.0539. The Labute approximate surface area is 228 Å². The molecule has 0 aromatic rings. The van der Waals surface area contributed by atoms with Crippen molar-refractivity contribution < 1.29 is 47.8 Å². The molecule has 0 spiro atoms. The number of hydrogen-bond donors (Lipinski definition) is 3. The minimum atomic E-state index is -4.57. The topological polar surface area (TPSA) is 149 Å². The first kappa shape index (κ1) is 36.7. The van der Waals surface area contributed by atoms with Gasteiger partial charge in [-0.3, -0.25) is 18.6 Å². The lowest BCUT2D eigenvalue weighted by molar-refractivity contribution is -0.160. The fourth-order valence-electron chi connectivity index (χ4n) is 3.54. The van der Waals surface area contributed by atoms with Crippen molar-refractivity contribution in [2.24, 2.45) is 0 Å².